The van der Waals surface area contributed by atoms with Gasteiger partial charge in [-0.15, -0.1) is 0 Å². The van der Waals surface area contributed by atoms with Gasteiger partial charge in [-0.3, -0.25) is 9.48 Å². The van der Waals surface area contributed by atoms with Crippen LogP contribution in [0.4, 0.5) is 0 Å². The number of carbonyl (C=O) groups is 1. The van der Waals surface area contributed by atoms with Crippen LogP contribution in [-0.4, -0.2) is 33.7 Å². The van der Waals surface area contributed by atoms with E-state index in [1.165, 1.54) is 0 Å². The van der Waals surface area contributed by atoms with Gasteiger partial charge in [0.25, 0.3) is 0 Å². The van der Waals surface area contributed by atoms with Crippen molar-refractivity contribution in [1.29, 1.82) is 5.26 Å². The SMILES string of the molecule is CCc1cc(C#N)nn1C1CCN(C(C)=O)CC1. The monoisotopic (exact) mass is 246 g/mol. The van der Waals surface area contributed by atoms with Crippen molar-refractivity contribution in [2.24, 2.45) is 0 Å². The molecule has 96 valence electrons. The smallest absolute Gasteiger partial charge is 0.219 e. The summed E-state index contributed by atoms with van der Waals surface area (Å²) in [7, 11) is 0. The maximum atomic E-state index is 11.3. The van der Waals surface area contributed by atoms with Crippen LogP contribution in [-0.2, 0) is 11.2 Å². The third-order valence-electron chi connectivity index (χ3n) is 3.55. The Labute approximate surface area is 107 Å². The summed E-state index contributed by atoms with van der Waals surface area (Å²) in [6, 6.07) is 4.27. The zero-order valence-corrected chi connectivity index (χ0v) is 10.9. The second-order valence-corrected chi connectivity index (χ2v) is 4.67. The molecule has 2 heterocycles. The van der Waals surface area contributed by atoms with Crippen molar-refractivity contribution < 1.29 is 4.79 Å². The molecule has 0 N–H and O–H groups in total. The van der Waals surface area contributed by atoms with Crippen LogP contribution in [0.1, 0.15) is 44.1 Å². The molecule has 5 heteroatoms. The molecule has 0 aromatic carbocycles. The first-order valence-corrected chi connectivity index (χ1v) is 6.39. The van der Waals surface area contributed by atoms with Crippen molar-refractivity contribution >= 4 is 5.91 Å². The second kappa shape index (κ2) is 5.21. The zero-order chi connectivity index (χ0) is 13.1. The number of nitrogens with zero attached hydrogens (tertiary/aromatic N) is 4. The van der Waals surface area contributed by atoms with E-state index in [1.54, 1.807) is 6.92 Å². The Bertz CT molecular complexity index is 478. The number of likely N-dealkylation sites (tertiary alicyclic amines) is 1. The number of hydrogen-bond acceptors (Lipinski definition) is 3. The molecule has 0 spiro atoms. The number of aryl methyl sites for hydroxylation is 1. The second-order valence-electron chi connectivity index (χ2n) is 4.67. The summed E-state index contributed by atoms with van der Waals surface area (Å²) in [5.41, 5.74) is 1.59. The average molecular weight is 246 g/mol. The van der Waals surface area contributed by atoms with E-state index in [0.29, 0.717) is 11.7 Å². The molecule has 0 atom stereocenters. The minimum atomic E-state index is 0.141. The van der Waals surface area contributed by atoms with Crippen molar-refractivity contribution in [3.8, 4) is 6.07 Å². The van der Waals surface area contributed by atoms with E-state index in [4.69, 9.17) is 5.26 Å². The first-order chi connectivity index (χ1) is 8.65. The summed E-state index contributed by atoms with van der Waals surface area (Å²) in [5.74, 6) is 0.141. The van der Waals surface area contributed by atoms with Gasteiger partial charge in [-0.05, 0) is 25.3 Å². The fraction of sp³-hybridized carbons (Fsp3) is 0.615. The maximum Gasteiger partial charge on any atom is 0.219 e. The molecular formula is C13H18N4O. The number of piperidine rings is 1. The molecule has 2 rings (SSSR count). The molecule has 5 nitrogen and oxygen atoms in total. The van der Waals surface area contributed by atoms with Crippen LogP contribution in [0.5, 0.6) is 0 Å². The lowest BCUT2D eigenvalue weighted by Crippen LogP contribution is -2.38. The quantitative estimate of drug-likeness (QED) is 0.794. The molecule has 1 saturated heterocycles. The maximum absolute atomic E-state index is 11.3. The summed E-state index contributed by atoms with van der Waals surface area (Å²) in [4.78, 5) is 13.1. The molecule has 18 heavy (non-hydrogen) atoms. The van der Waals surface area contributed by atoms with E-state index in [-0.39, 0.29) is 5.91 Å². The topological polar surface area (TPSA) is 61.9 Å². The standard InChI is InChI=1S/C13H18N4O/c1-3-12-8-11(9-14)15-17(12)13-4-6-16(7-5-13)10(2)18/h8,13H,3-7H2,1-2H3. The molecule has 0 radical (unpaired) electrons. The normalized spacial score (nSPS) is 16.6. The number of rotatable bonds is 2. The van der Waals surface area contributed by atoms with Gasteiger partial charge in [0.2, 0.25) is 5.91 Å². The lowest BCUT2D eigenvalue weighted by atomic mass is 10.0. The van der Waals surface area contributed by atoms with Crippen LogP contribution >= 0.6 is 0 Å². The number of amides is 1. The fourth-order valence-corrected chi connectivity index (χ4v) is 2.49. The first kappa shape index (κ1) is 12.6. The van der Waals surface area contributed by atoms with Crippen LogP contribution in [0.25, 0.3) is 0 Å². The summed E-state index contributed by atoms with van der Waals surface area (Å²) in [6.45, 7) is 5.24. The highest BCUT2D eigenvalue weighted by Gasteiger charge is 2.24. The molecular weight excluding hydrogens is 228 g/mol. The highest BCUT2D eigenvalue weighted by molar-refractivity contribution is 5.73. The molecule has 1 aliphatic heterocycles. The Balaban J connectivity index is 2.12. The van der Waals surface area contributed by atoms with Gasteiger partial charge in [0.05, 0.1) is 6.04 Å². The van der Waals surface area contributed by atoms with Crippen LogP contribution in [0, 0.1) is 11.3 Å². The van der Waals surface area contributed by atoms with E-state index in [2.05, 4.69) is 18.1 Å². The van der Waals surface area contributed by atoms with Crippen molar-refractivity contribution in [2.75, 3.05) is 13.1 Å². The molecule has 0 bridgehead atoms. The predicted molar refractivity (Wildman–Crippen MR) is 66.8 cm³/mol. The molecule has 1 fully saturated rings. The first-order valence-electron chi connectivity index (χ1n) is 6.39. The van der Waals surface area contributed by atoms with Gasteiger partial charge in [0.15, 0.2) is 5.69 Å². The summed E-state index contributed by atoms with van der Waals surface area (Å²) in [6.07, 6.45) is 2.71. The van der Waals surface area contributed by atoms with Crippen molar-refractivity contribution in [2.45, 2.75) is 39.2 Å². The van der Waals surface area contributed by atoms with Gasteiger partial charge in [0.1, 0.15) is 6.07 Å². The van der Waals surface area contributed by atoms with Gasteiger partial charge < -0.3 is 4.90 Å². The average Bonchev–Trinajstić information content (AvgIpc) is 2.82. The summed E-state index contributed by atoms with van der Waals surface area (Å²) < 4.78 is 1.98. The molecule has 0 aliphatic carbocycles. The van der Waals surface area contributed by atoms with Gasteiger partial charge >= 0.3 is 0 Å². The number of aromatic nitrogens is 2. The van der Waals surface area contributed by atoms with E-state index in [9.17, 15) is 4.79 Å². The lowest BCUT2D eigenvalue weighted by Gasteiger charge is -2.32. The molecule has 0 unspecified atom stereocenters. The lowest BCUT2D eigenvalue weighted by molar-refractivity contribution is -0.130. The van der Waals surface area contributed by atoms with Crippen molar-refractivity contribution in [3.05, 3.63) is 17.5 Å². The third kappa shape index (κ3) is 2.37. The van der Waals surface area contributed by atoms with Crippen molar-refractivity contribution in [3.63, 3.8) is 0 Å². The highest BCUT2D eigenvalue weighted by atomic mass is 16.2. The largest absolute Gasteiger partial charge is 0.343 e. The Kier molecular flexibility index (Phi) is 3.66. The van der Waals surface area contributed by atoms with Crippen LogP contribution in [0.2, 0.25) is 0 Å². The van der Waals surface area contributed by atoms with Gasteiger partial charge in [-0.2, -0.15) is 10.4 Å². The van der Waals surface area contributed by atoms with Gasteiger partial charge in [-0.1, -0.05) is 6.92 Å². The number of carbonyl (C=O) groups excluding carboxylic acids is 1. The van der Waals surface area contributed by atoms with Crippen LogP contribution < -0.4 is 0 Å². The Morgan fingerprint density at radius 3 is 2.72 bits per heavy atom. The predicted octanol–water partition coefficient (Wildman–Crippen LogP) is 1.50. The number of nitriles is 1. The molecule has 0 saturated carbocycles. The zero-order valence-electron chi connectivity index (χ0n) is 10.9. The molecule has 1 amide bonds. The van der Waals surface area contributed by atoms with Gasteiger partial charge in [0, 0.05) is 25.7 Å². The Hall–Kier alpha value is -1.83. The minimum absolute atomic E-state index is 0.141. The van der Waals surface area contributed by atoms with E-state index >= 15 is 0 Å². The molecule has 1 aromatic rings. The van der Waals surface area contributed by atoms with Crippen LogP contribution in [0.3, 0.4) is 0 Å². The molecule has 1 aromatic heterocycles. The Morgan fingerprint density at radius 2 is 2.22 bits per heavy atom. The van der Waals surface area contributed by atoms with Gasteiger partial charge in [-0.25, -0.2) is 0 Å². The highest BCUT2D eigenvalue weighted by Crippen LogP contribution is 2.24. The van der Waals surface area contributed by atoms with E-state index < -0.39 is 0 Å². The van der Waals surface area contributed by atoms with Crippen molar-refractivity contribution in [1.82, 2.24) is 14.7 Å². The van der Waals surface area contributed by atoms with E-state index in [0.717, 1.165) is 38.0 Å². The van der Waals surface area contributed by atoms with E-state index in [1.807, 2.05) is 15.6 Å². The minimum Gasteiger partial charge on any atom is -0.343 e. The molecule has 1 aliphatic rings. The Morgan fingerprint density at radius 1 is 1.56 bits per heavy atom. The fourth-order valence-electron chi connectivity index (χ4n) is 2.49. The third-order valence-corrected chi connectivity index (χ3v) is 3.55. The summed E-state index contributed by atoms with van der Waals surface area (Å²) >= 11 is 0. The summed E-state index contributed by atoms with van der Waals surface area (Å²) in [5, 5.41) is 13.3. The van der Waals surface area contributed by atoms with Crippen LogP contribution in [0.15, 0.2) is 6.07 Å². The number of hydrogen-bond donors (Lipinski definition) is 0.